The van der Waals surface area contributed by atoms with Crippen LogP contribution in [0, 0.1) is 12.7 Å². The van der Waals surface area contributed by atoms with Crippen molar-refractivity contribution in [3.05, 3.63) is 71.7 Å². The van der Waals surface area contributed by atoms with Crippen LogP contribution >= 0.6 is 0 Å². The van der Waals surface area contributed by atoms with Gasteiger partial charge in [-0.1, -0.05) is 0 Å². The van der Waals surface area contributed by atoms with Gasteiger partial charge in [-0.2, -0.15) is 4.98 Å². The van der Waals surface area contributed by atoms with Gasteiger partial charge < -0.3 is 15.5 Å². The molecule has 2 N–H and O–H groups in total. The van der Waals surface area contributed by atoms with Crippen molar-refractivity contribution in [1.29, 1.82) is 0 Å². The van der Waals surface area contributed by atoms with Gasteiger partial charge in [0.15, 0.2) is 0 Å². The summed E-state index contributed by atoms with van der Waals surface area (Å²) in [5, 5.41) is 6.04. The molecule has 3 aromatic rings. The van der Waals surface area contributed by atoms with Crippen molar-refractivity contribution in [3.8, 4) is 0 Å². The number of benzene rings is 2. The SMILES string of the molecule is Cc1cc(N2CCCCC2)nc(Nc2ccc(NC(=O)c3ccc(F)cc3)cc2)n1. The molecule has 1 aromatic heterocycles. The summed E-state index contributed by atoms with van der Waals surface area (Å²) in [5.74, 6) is 0.847. The number of aryl methyl sites for hydroxylation is 1. The van der Waals surface area contributed by atoms with Crippen molar-refractivity contribution in [1.82, 2.24) is 9.97 Å². The van der Waals surface area contributed by atoms with Crippen LogP contribution in [0.1, 0.15) is 35.3 Å². The summed E-state index contributed by atoms with van der Waals surface area (Å²) < 4.78 is 13.0. The molecule has 2 heterocycles. The van der Waals surface area contributed by atoms with Crippen molar-refractivity contribution < 1.29 is 9.18 Å². The number of nitrogens with one attached hydrogen (secondary N) is 2. The number of piperidine rings is 1. The lowest BCUT2D eigenvalue weighted by atomic mass is 10.1. The van der Waals surface area contributed by atoms with E-state index in [4.69, 9.17) is 0 Å². The lowest BCUT2D eigenvalue weighted by Crippen LogP contribution is -2.30. The van der Waals surface area contributed by atoms with E-state index >= 15 is 0 Å². The first-order chi connectivity index (χ1) is 14.6. The van der Waals surface area contributed by atoms with Gasteiger partial charge in [0.2, 0.25) is 5.95 Å². The first kappa shape index (κ1) is 19.8. The highest BCUT2D eigenvalue weighted by molar-refractivity contribution is 6.04. The minimum atomic E-state index is -0.371. The number of anilines is 4. The predicted octanol–water partition coefficient (Wildman–Crippen LogP) is 4.91. The van der Waals surface area contributed by atoms with Crippen LogP contribution in [0.15, 0.2) is 54.6 Å². The van der Waals surface area contributed by atoms with E-state index in [-0.39, 0.29) is 11.7 Å². The first-order valence-electron chi connectivity index (χ1n) is 10.1. The van der Waals surface area contributed by atoms with Crippen molar-refractivity contribution in [2.24, 2.45) is 0 Å². The van der Waals surface area contributed by atoms with Crippen LogP contribution in [0.3, 0.4) is 0 Å². The molecule has 1 aliphatic heterocycles. The Bertz CT molecular complexity index is 1010. The number of carbonyl (C=O) groups is 1. The van der Waals surface area contributed by atoms with Crippen LogP contribution in [0.25, 0.3) is 0 Å². The lowest BCUT2D eigenvalue weighted by Gasteiger charge is -2.28. The van der Waals surface area contributed by atoms with Crippen molar-refractivity contribution in [3.63, 3.8) is 0 Å². The zero-order chi connectivity index (χ0) is 20.9. The van der Waals surface area contributed by atoms with Gasteiger partial charge in [0.05, 0.1) is 0 Å². The Morgan fingerprint density at radius 2 is 1.60 bits per heavy atom. The van der Waals surface area contributed by atoms with E-state index in [1.54, 1.807) is 12.1 Å². The Kier molecular flexibility index (Phi) is 5.88. The molecule has 7 heteroatoms. The Morgan fingerprint density at radius 1 is 0.933 bits per heavy atom. The molecule has 2 aromatic carbocycles. The second-order valence-corrected chi connectivity index (χ2v) is 7.40. The summed E-state index contributed by atoms with van der Waals surface area (Å²) in [6, 6.07) is 14.8. The third-order valence-electron chi connectivity index (χ3n) is 5.03. The summed E-state index contributed by atoms with van der Waals surface area (Å²) >= 11 is 0. The van der Waals surface area contributed by atoms with Gasteiger partial charge >= 0.3 is 0 Å². The number of amides is 1. The molecule has 0 bridgehead atoms. The number of hydrogen-bond donors (Lipinski definition) is 2. The van der Waals surface area contributed by atoms with Crippen LogP contribution < -0.4 is 15.5 Å². The second-order valence-electron chi connectivity index (χ2n) is 7.40. The van der Waals surface area contributed by atoms with Gasteiger partial charge in [0.25, 0.3) is 5.91 Å². The third kappa shape index (κ3) is 4.92. The zero-order valence-corrected chi connectivity index (χ0v) is 16.9. The molecule has 1 aliphatic rings. The normalized spacial score (nSPS) is 13.7. The van der Waals surface area contributed by atoms with Gasteiger partial charge in [-0.3, -0.25) is 4.79 Å². The van der Waals surface area contributed by atoms with Crippen LogP contribution in [-0.2, 0) is 0 Å². The number of aromatic nitrogens is 2. The Morgan fingerprint density at radius 3 is 2.30 bits per heavy atom. The molecule has 0 spiro atoms. The Labute approximate surface area is 175 Å². The number of hydrogen-bond acceptors (Lipinski definition) is 5. The molecule has 154 valence electrons. The number of nitrogens with zero attached hydrogens (tertiary/aromatic N) is 3. The summed E-state index contributed by atoms with van der Waals surface area (Å²) in [5.41, 5.74) is 2.78. The van der Waals surface area contributed by atoms with Crippen LogP contribution in [0.2, 0.25) is 0 Å². The maximum Gasteiger partial charge on any atom is 0.255 e. The zero-order valence-electron chi connectivity index (χ0n) is 16.9. The molecular formula is C23H24FN5O. The quantitative estimate of drug-likeness (QED) is 0.631. The summed E-state index contributed by atoms with van der Waals surface area (Å²) in [4.78, 5) is 23.7. The highest BCUT2D eigenvalue weighted by atomic mass is 19.1. The Hall–Kier alpha value is -3.48. The van der Waals surface area contributed by atoms with E-state index in [1.165, 1.54) is 43.5 Å². The number of halogens is 1. The first-order valence-corrected chi connectivity index (χ1v) is 10.1. The van der Waals surface area contributed by atoms with E-state index in [1.807, 2.05) is 25.1 Å². The fourth-order valence-corrected chi connectivity index (χ4v) is 3.46. The minimum Gasteiger partial charge on any atom is -0.356 e. The monoisotopic (exact) mass is 405 g/mol. The van der Waals surface area contributed by atoms with Crippen LogP contribution in [-0.4, -0.2) is 29.0 Å². The molecule has 6 nitrogen and oxygen atoms in total. The summed E-state index contributed by atoms with van der Waals surface area (Å²) in [6.45, 7) is 4.02. The molecular weight excluding hydrogens is 381 g/mol. The van der Waals surface area contributed by atoms with Gasteiger partial charge in [-0.15, -0.1) is 0 Å². The highest BCUT2D eigenvalue weighted by Gasteiger charge is 2.14. The van der Waals surface area contributed by atoms with Crippen molar-refractivity contribution >= 4 is 29.0 Å². The fraction of sp³-hybridized carbons (Fsp3) is 0.261. The number of carbonyl (C=O) groups excluding carboxylic acids is 1. The van der Waals surface area contributed by atoms with E-state index in [9.17, 15) is 9.18 Å². The maximum atomic E-state index is 13.0. The molecule has 1 fully saturated rings. The van der Waals surface area contributed by atoms with E-state index in [0.717, 1.165) is 30.3 Å². The third-order valence-corrected chi connectivity index (χ3v) is 5.03. The summed E-state index contributed by atoms with van der Waals surface area (Å²) in [6.07, 6.45) is 3.66. The molecule has 30 heavy (non-hydrogen) atoms. The average molecular weight is 405 g/mol. The largest absolute Gasteiger partial charge is 0.356 e. The van der Waals surface area contributed by atoms with Crippen molar-refractivity contribution in [2.75, 3.05) is 28.6 Å². The second kappa shape index (κ2) is 8.90. The van der Waals surface area contributed by atoms with E-state index < -0.39 is 0 Å². The van der Waals surface area contributed by atoms with Crippen molar-refractivity contribution in [2.45, 2.75) is 26.2 Å². The maximum absolute atomic E-state index is 13.0. The number of rotatable bonds is 5. The standard InChI is InChI=1S/C23H24FN5O/c1-16-15-21(29-13-3-2-4-14-29)28-23(25-16)27-20-11-9-19(10-12-20)26-22(30)17-5-7-18(24)8-6-17/h5-12,15H,2-4,13-14H2,1H3,(H,26,30)(H,25,27,28). The summed E-state index contributed by atoms with van der Waals surface area (Å²) in [7, 11) is 0. The van der Waals surface area contributed by atoms with Gasteiger partial charge in [-0.25, -0.2) is 9.37 Å². The predicted molar refractivity (Wildman–Crippen MR) is 117 cm³/mol. The minimum absolute atomic E-state index is 0.288. The molecule has 0 saturated carbocycles. The molecule has 1 saturated heterocycles. The molecule has 1 amide bonds. The lowest BCUT2D eigenvalue weighted by molar-refractivity contribution is 0.102. The molecule has 0 atom stereocenters. The topological polar surface area (TPSA) is 70.2 Å². The molecule has 0 unspecified atom stereocenters. The highest BCUT2D eigenvalue weighted by Crippen LogP contribution is 2.22. The fourth-order valence-electron chi connectivity index (χ4n) is 3.46. The molecule has 0 aliphatic carbocycles. The van der Waals surface area contributed by atoms with Gasteiger partial charge in [0, 0.05) is 41.8 Å². The van der Waals surface area contributed by atoms with E-state index in [0.29, 0.717) is 17.2 Å². The smallest absolute Gasteiger partial charge is 0.255 e. The van der Waals surface area contributed by atoms with Gasteiger partial charge in [-0.05, 0) is 74.7 Å². The van der Waals surface area contributed by atoms with Crippen LogP contribution in [0.4, 0.5) is 27.5 Å². The molecule has 4 rings (SSSR count). The van der Waals surface area contributed by atoms with Crippen LogP contribution in [0.5, 0.6) is 0 Å². The molecule has 0 radical (unpaired) electrons. The van der Waals surface area contributed by atoms with Gasteiger partial charge in [0.1, 0.15) is 11.6 Å². The Balaban J connectivity index is 1.42. The average Bonchev–Trinajstić information content (AvgIpc) is 2.76. The van der Waals surface area contributed by atoms with E-state index in [2.05, 4.69) is 25.5 Å².